The van der Waals surface area contributed by atoms with E-state index < -0.39 is 23.3 Å². The zero-order valence-electron chi connectivity index (χ0n) is 12.5. The van der Waals surface area contributed by atoms with E-state index in [0.29, 0.717) is 19.4 Å². The van der Waals surface area contributed by atoms with Crippen molar-refractivity contribution in [1.82, 2.24) is 15.1 Å². The molecule has 116 valence electrons. The van der Waals surface area contributed by atoms with Crippen LogP contribution in [0.4, 0.5) is 4.79 Å². The largest absolute Gasteiger partial charge is 0.344 e. The van der Waals surface area contributed by atoms with Crippen LogP contribution in [0.1, 0.15) is 39.0 Å². The summed E-state index contributed by atoms with van der Waals surface area (Å²) in [6, 6.07) is -0.793. The number of barbiturate groups is 1. The van der Waals surface area contributed by atoms with Crippen LogP contribution in [-0.4, -0.2) is 53.7 Å². The third-order valence-corrected chi connectivity index (χ3v) is 4.46. The van der Waals surface area contributed by atoms with Crippen molar-refractivity contribution in [2.24, 2.45) is 5.41 Å². The number of carbonyl (C=O) groups is 4. The molecule has 0 aromatic rings. The number of amides is 5. The van der Waals surface area contributed by atoms with Crippen LogP contribution in [0.2, 0.25) is 0 Å². The number of nitrogens with zero attached hydrogens (tertiary/aromatic N) is 2. The molecule has 0 radical (unpaired) electrons. The Labute approximate surface area is 123 Å². The highest BCUT2D eigenvalue weighted by Gasteiger charge is 2.54. The van der Waals surface area contributed by atoms with E-state index >= 15 is 0 Å². The summed E-state index contributed by atoms with van der Waals surface area (Å²) in [6.07, 6.45) is 3.43. The van der Waals surface area contributed by atoms with E-state index in [0.717, 1.165) is 24.2 Å². The number of nitrogens with one attached hydrogen (secondary N) is 1. The molecule has 1 N–H and O–H groups in total. The number of rotatable bonds is 3. The first-order valence-corrected chi connectivity index (χ1v) is 7.33. The molecule has 1 aliphatic heterocycles. The van der Waals surface area contributed by atoms with E-state index in [1.54, 1.807) is 7.05 Å². The summed E-state index contributed by atoms with van der Waals surface area (Å²) in [5.41, 5.74) is -1.16. The summed E-state index contributed by atoms with van der Waals surface area (Å²) in [7, 11) is 1.61. The van der Waals surface area contributed by atoms with Gasteiger partial charge in [-0.05, 0) is 19.8 Å². The Morgan fingerprint density at radius 2 is 1.86 bits per heavy atom. The summed E-state index contributed by atoms with van der Waals surface area (Å²) < 4.78 is 0. The van der Waals surface area contributed by atoms with Crippen LogP contribution in [0.25, 0.3) is 0 Å². The molecule has 0 aromatic carbocycles. The van der Waals surface area contributed by atoms with Crippen molar-refractivity contribution in [1.29, 1.82) is 0 Å². The molecular formula is C14H21N3O4. The van der Waals surface area contributed by atoms with Gasteiger partial charge >= 0.3 is 6.03 Å². The van der Waals surface area contributed by atoms with Crippen molar-refractivity contribution < 1.29 is 19.2 Å². The normalized spacial score (nSPS) is 21.4. The predicted octanol–water partition coefficient (Wildman–Crippen LogP) is 0.494. The van der Waals surface area contributed by atoms with Crippen LogP contribution in [0, 0.1) is 5.41 Å². The first-order chi connectivity index (χ1) is 9.92. The number of hydrogen-bond acceptors (Lipinski definition) is 4. The Balaban J connectivity index is 2.21. The Kier molecular flexibility index (Phi) is 4.29. The molecule has 1 saturated carbocycles. The molecule has 1 saturated heterocycles. The Bertz CT molecular complexity index is 483. The quantitative estimate of drug-likeness (QED) is 0.768. The lowest BCUT2D eigenvalue weighted by Crippen LogP contribution is -2.65. The van der Waals surface area contributed by atoms with Gasteiger partial charge in [0.15, 0.2) is 0 Å². The lowest BCUT2D eigenvalue weighted by molar-refractivity contribution is -0.156. The molecule has 7 nitrogen and oxygen atoms in total. The van der Waals surface area contributed by atoms with Gasteiger partial charge in [0.25, 0.3) is 0 Å². The first kappa shape index (κ1) is 15.5. The fraction of sp³-hybridized carbons (Fsp3) is 0.714. The second-order valence-electron chi connectivity index (χ2n) is 5.70. The first-order valence-electron chi connectivity index (χ1n) is 7.33. The standard InChI is InChI=1S/C14H21N3O4/c1-3-16(2)10(18)9-17-12(20)14(7-5-4-6-8-14)11(19)15-13(17)21/h3-9H2,1-2H3,(H,15,19,21). The number of likely N-dealkylation sites (N-methyl/N-ethyl adjacent to an activating group) is 1. The highest BCUT2D eigenvalue weighted by molar-refractivity contribution is 6.20. The van der Waals surface area contributed by atoms with Crippen LogP contribution in [0.15, 0.2) is 0 Å². The van der Waals surface area contributed by atoms with Gasteiger partial charge in [0.1, 0.15) is 12.0 Å². The molecule has 2 rings (SSSR count). The summed E-state index contributed by atoms with van der Waals surface area (Å²) in [5, 5.41) is 2.24. The van der Waals surface area contributed by atoms with Crippen molar-refractivity contribution in [2.75, 3.05) is 20.1 Å². The minimum absolute atomic E-state index is 0.315. The zero-order valence-corrected chi connectivity index (χ0v) is 12.5. The zero-order chi connectivity index (χ0) is 15.6. The lowest BCUT2D eigenvalue weighted by Gasteiger charge is -2.41. The summed E-state index contributed by atoms with van der Waals surface area (Å²) in [6.45, 7) is 1.98. The molecule has 0 aromatic heterocycles. The van der Waals surface area contributed by atoms with Gasteiger partial charge < -0.3 is 4.90 Å². The van der Waals surface area contributed by atoms with E-state index in [1.165, 1.54) is 4.90 Å². The van der Waals surface area contributed by atoms with E-state index in [-0.39, 0.29) is 12.5 Å². The second kappa shape index (κ2) is 5.83. The van der Waals surface area contributed by atoms with Gasteiger partial charge in [0.05, 0.1) is 0 Å². The van der Waals surface area contributed by atoms with Gasteiger partial charge in [-0.3, -0.25) is 24.6 Å². The number of urea groups is 1. The molecule has 0 bridgehead atoms. The smallest absolute Gasteiger partial charge is 0.331 e. The summed E-state index contributed by atoms with van der Waals surface area (Å²) in [4.78, 5) is 50.9. The molecule has 1 heterocycles. The van der Waals surface area contributed by atoms with Crippen LogP contribution < -0.4 is 5.32 Å². The van der Waals surface area contributed by atoms with Crippen molar-refractivity contribution in [3.63, 3.8) is 0 Å². The molecule has 5 amide bonds. The molecule has 0 atom stereocenters. The maximum absolute atomic E-state index is 12.6. The van der Waals surface area contributed by atoms with Gasteiger partial charge in [-0.2, -0.15) is 0 Å². The van der Waals surface area contributed by atoms with Crippen molar-refractivity contribution in [3.8, 4) is 0 Å². The van der Waals surface area contributed by atoms with Crippen LogP contribution in [-0.2, 0) is 14.4 Å². The molecule has 2 aliphatic rings. The third-order valence-electron chi connectivity index (χ3n) is 4.46. The van der Waals surface area contributed by atoms with E-state index in [2.05, 4.69) is 5.32 Å². The Hall–Kier alpha value is -1.92. The summed E-state index contributed by atoms with van der Waals surface area (Å²) >= 11 is 0. The molecule has 1 spiro atoms. The molecule has 0 unspecified atom stereocenters. The molecule has 1 aliphatic carbocycles. The van der Waals surface area contributed by atoms with E-state index in [9.17, 15) is 19.2 Å². The lowest BCUT2D eigenvalue weighted by atomic mass is 9.71. The average molecular weight is 295 g/mol. The Morgan fingerprint density at radius 1 is 1.24 bits per heavy atom. The van der Waals surface area contributed by atoms with Gasteiger partial charge in [0.2, 0.25) is 17.7 Å². The van der Waals surface area contributed by atoms with E-state index in [1.807, 2.05) is 6.92 Å². The molecular weight excluding hydrogens is 274 g/mol. The highest BCUT2D eigenvalue weighted by atomic mass is 16.2. The van der Waals surface area contributed by atoms with Crippen LogP contribution in [0.3, 0.4) is 0 Å². The highest BCUT2D eigenvalue weighted by Crippen LogP contribution is 2.40. The Morgan fingerprint density at radius 3 is 2.43 bits per heavy atom. The average Bonchev–Trinajstić information content (AvgIpc) is 2.49. The SMILES string of the molecule is CCN(C)C(=O)CN1C(=O)NC(=O)C2(CCCCC2)C1=O. The number of hydrogen-bond donors (Lipinski definition) is 1. The fourth-order valence-electron chi connectivity index (χ4n) is 2.90. The fourth-order valence-corrected chi connectivity index (χ4v) is 2.90. The maximum atomic E-state index is 12.6. The van der Waals surface area contributed by atoms with Crippen molar-refractivity contribution in [3.05, 3.63) is 0 Å². The third kappa shape index (κ3) is 2.64. The topological polar surface area (TPSA) is 86.8 Å². The minimum Gasteiger partial charge on any atom is -0.344 e. The van der Waals surface area contributed by atoms with Gasteiger partial charge in [0, 0.05) is 13.6 Å². The van der Waals surface area contributed by atoms with Gasteiger partial charge in [-0.15, -0.1) is 0 Å². The van der Waals surface area contributed by atoms with Gasteiger partial charge in [-0.1, -0.05) is 19.3 Å². The molecule has 21 heavy (non-hydrogen) atoms. The molecule has 2 fully saturated rings. The number of carbonyl (C=O) groups excluding carboxylic acids is 4. The van der Waals surface area contributed by atoms with E-state index in [4.69, 9.17) is 0 Å². The minimum atomic E-state index is -1.16. The van der Waals surface area contributed by atoms with Crippen LogP contribution in [0.5, 0.6) is 0 Å². The maximum Gasteiger partial charge on any atom is 0.331 e. The van der Waals surface area contributed by atoms with Crippen molar-refractivity contribution in [2.45, 2.75) is 39.0 Å². The van der Waals surface area contributed by atoms with Crippen molar-refractivity contribution >= 4 is 23.8 Å². The summed E-state index contributed by atoms with van der Waals surface area (Å²) in [5.74, 6) is -1.35. The second-order valence-corrected chi connectivity index (χ2v) is 5.70. The van der Waals surface area contributed by atoms with Gasteiger partial charge in [-0.25, -0.2) is 4.79 Å². The predicted molar refractivity (Wildman–Crippen MR) is 74.1 cm³/mol. The monoisotopic (exact) mass is 295 g/mol. The number of imide groups is 2. The molecule has 7 heteroatoms. The van der Waals surface area contributed by atoms with Crippen LogP contribution >= 0.6 is 0 Å².